The number of aromatic nitrogens is 4. The molecule has 8 heteroatoms. The number of methoxy groups -OCH3 is 1. The maximum atomic E-state index is 13.2. The van der Waals surface area contributed by atoms with Gasteiger partial charge in [-0.2, -0.15) is 13.2 Å². The van der Waals surface area contributed by atoms with Crippen molar-refractivity contribution in [2.45, 2.75) is 13.1 Å². The van der Waals surface area contributed by atoms with Gasteiger partial charge in [-0.1, -0.05) is 12.1 Å². The molecule has 0 amide bonds. The second kappa shape index (κ2) is 5.69. The van der Waals surface area contributed by atoms with E-state index in [-0.39, 0.29) is 5.52 Å². The van der Waals surface area contributed by atoms with Crippen molar-refractivity contribution in [3.8, 4) is 17.1 Å². The molecule has 0 bridgehead atoms. The molecule has 132 valence electrons. The first-order valence-electron chi connectivity index (χ1n) is 7.76. The van der Waals surface area contributed by atoms with Crippen molar-refractivity contribution in [3.63, 3.8) is 0 Å². The fourth-order valence-corrected chi connectivity index (χ4v) is 2.95. The molecule has 0 spiro atoms. The summed E-state index contributed by atoms with van der Waals surface area (Å²) < 4.78 is 46.5. The predicted octanol–water partition coefficient (Wildman–Crippen LogP) is 4.28. The maximum absolute atomic E-state index is 13.2. The molecule has 0 N–H and O–H groups in total. The van der Waals surface area contributed by atoms with Gasteiger partial charge in [0.25, 0.3) is 0 Å². The van der Waals surface area contributed by atoms with E-state index in [0.29, 0.717) is 34.0 Å². The Morgan fingerprint density at radius 3 is 2.54 bits per heavy atom. The van der Waals surface area contributed by atoms with Crippen LogP contribution in [0.5, 0.6) is 5.75 Å². The molecule has 2 aromatic heterocycles. The van der Waals surface area contributed by atoms with Gasteiger partial charge in [0.05, 0.1) is 35.0 Å². The van der Waals surface area contributed by atoms with Crippen LogP contribution in [0.15, 0.2) is 42.5 Å². The number of ether oxygens (including phenoxy) is 1. The quantitative estimate of drug-likeness (QED) is 0.537. The molecule has 0 radical (unpaired) electrons. The predicted molar refractivity (Wildman–Crippen MR) is 90.0 cm³/mol. The van der Waals surface area contributed by atoms with Crippen LogP contribution in [0.3, 0.4) is 0 Å². The van der Waals surface area contributed by atoms with Crippen LogP contribution in [0.1, 0.15) is 11.3 Å². The van der Waals surface area contributed by atoms with Crippen LogP contribution >= 0.6 is 0 Å². The van der Waals surface area contributed by atoms with Crippen molar-refractivity contribution in [1.82, 2.24) is 19.6 Å². The summed E-state index contributed by atoms with van der Waals surface area (Å²) in [6, 6.07) is 10.6. The number of alkyl halides is 3. The lowest BCUT2D eigenvalue weighted by Gasteiger charge is -2.11. The second-order valence-corrected chi connectivity index (χ2v) is 5.78. The van der Waals surface area contributed by atoms with Gasteiger partial charge in [-0.05, 0) is 37.3 Å². The van der Waals surface area contributed by atoms with E-state index in [1.807, 2.05) is 0 Å². The number of nitrogens with zero attached hydrogens (tertiary/aromatic N) is 4. The molecule has 0 atom stereocenters. The van der Waals surface area contributed by atoms with E-state index in [1.165, 1.54) is 13.2 Å². The van der Waals surface area contributed by atoms with Crippen molar-refractivity contribution < 1.29 is 17.9 Å². The third kappa shape index (κ3) is 2.45. The summed E-state index contributed by atoms with van der Waals surface area (Å²) in [5, 5.41) is 8.31. The molecule has 4 aromatic rings. The molecule has 0 aliphatic heterocycles. The summed E-state index contributed by atoms with van der Waals surface area (Å²) in [4.78, 5) is 4.35. The zero-order valence-electron chi connectivity index (χ0n) is 13.9. The van der Waals surface area contributed by atoms with Crippen molar-refractivity contribution in [2.75, 3.05) is 7.11 Å². The van der Waals surface area contributed by atoms with Crippen molar-refractivity contribution in [3.05, 3.63) is 53.7 Å². The third-order valence-corrected chi connectivity index (χ3v) is 4.17. The number of benzene rings is 2. The molecular weight excluding hydrogens is 345 g/mol. The highest BCUT2D eigenvalue weighted by Crippen LogP contribution is 2.34. The van der Waals surface area contributed by atoms with Crippen LogP contribution in [0, 0.1) is 6.92 Å². The van der Waals surface area contributed by atoms with Crippen molar-refractivity contribution in [2.24, 2.45) is 0 Å². The van der Waals surface area contributed by atoms with Crippen LogP contribution in [-0.2, 0) is 6.18 Å². The Labute approximate surface area is 146 Å². The number of fused-ring (bicyclic) bond motifs is 3. The molecule has 2 heterocycles. The minimum absolute atomic E-state index is 0.284. The highest BCUT2D eigenvalue weighted by Gasteiger charge is 2.31. The topological polar surface area (TPSA) is 52.3 Å². The lowest BCUT2D eigenvalue weighted by Crippen LogP contribution is -2.06. The smallest absolute Gasteiger partial charge is 0.416 e. The number of aryl methyl sites for hydroxylation is 1. The molecule has 0 unspecified atom stereocenters. The Morgan fingerprint density at radius 1 is 1.04 bits per heavy atom. The van der Waals surface area contributed by atoms with Gasteiger partial charge in [0.15, 0.2) is 11.5 Å². The monoisotopic (exact) mass is 358 g/mol. The SMILES string of the molecule is COc1ccccc1-c1nnc2c(C)nc3ccc(C(F)(F)F)cc3n12. The van der Waals surface area contributed by atoms with Gasteiger partial charge in [0, 0.05) is 0 Å². The minimum Gasteiger partial charge on any atom is -0.496 e. The van der Waals surface area contributed by atoms with Gasteiger partial charge in [-0.25, -0.2) is 4.98 Å². The molecule has 0 fully saturated rings. The first-order chi connectivity index (χ1) is 12.4. The third-order valence-electron chi connectivity index (χ3n) is 4.17. The number of rotatable bonds is 2. The lowest BCUT2D eigenvalue weighted by atomic mass is 10.1. The van der Waals surface area contributed by atoms with Crippen LogP contribution < -0.4 is 4.74 Å². The fraction of sp³-hybridized carbons (Fsp3) is 0.167. The van der Waals surface area contributed by atoms with Crippen LogP contribution in [0.2, 0.25) is 0 Å². The van der Waals surface area contributed by atoms with E-state index in [1.54, 1.807) is 35.6 Å². The van der Waals surface area contributed by atoms with Crippen molar-refractivity contribution >= 4 is 16.7 Å². The molecule has 2 aromatic carbocycles. The fourth-order valence-electron chi connectivity index (χ4n) is 2.95. The summed E-state index contributed by atoms with van der Waals surface area (Å²) >= 11 is 0. The second-order valence-electron chi connectivity index (χ2n) is 5.78. The number of halogens is 3. The number of hydrogen-bond acceptors (Lipinski definition) is 4. The van der Waals surface area contributed by atoms with E-state index in [9.17, 15) is 13.2 Å². The largest absolute Gasteiger partial charge is 0.496 e. The van der Waals surface area contributed by atoms with E-state index in [4.69, 9.17) is 4.74 Å². The Hall–Kier alpha value is -3.16. The zero-order valence-corrected chi connectivity index (χ0v) is 13.9. The lowest BCUT2D eigenvalue weighted by molar-refractivity contribution is -0.137. The summed E-state index contributed by atoms with van der Waals surface area (Å²) in [6.45, 7) is 1.74. The van der Waals surface area contributed by atoms with Crippen LogP contribution in [-0.4, -0.2) is 26.7 Å². The molecular formula is C18H13F3N4O. The van der Waals surface area contributed by atoms with Gasteiger partial charge in [-0.3, -0.25) is 4.40 Å². The average molecular weight is 358 g/mol. The van der Waals surface area contributed by atoms with Crippen molar-refractivity contribution in [1.29, 1.82) is 0 Å². The van der Waals surface area contributed by atoms with E-state index < -0.39 is 11.7 Å². The summed E-state index contributed by atoms with van der Waals surface area (Å²) in [7, 11) is 1.52. The van der Waals surface area contributed by atoms with Gasteiger partial charge in [0.1, 0.15) is 5.75 Å². The number of para-hydroxylation sites is 1. The van der Waals surface area contributed by atoms with Crippen LogP contribution in [0.4, 0.5) is 13.2 Å². The van der Waals surface area contributed by atoms with E-state index >= 15 is 0 Å². The zero-order chi connectivity index (χ0) is 18.5. The summed E-state index contributed by atoms with van der Waals surface area (Å²) in [5.74, 6) is 0.948. The molecule has 5 nitrogen and oxygen atoms in total. The highest BCUT2D eigenvalue weighted by atomic mass is 19.4. The van der Waals surface area contributed by atoms with Gasteiger partial charge in [-0.15, -0.1) is 10.2 Å². The standard InChI is InChI=1S/C18H13F3N4O/c1-10-16-23-24-17(12-5-3-4-6-15(12)26-2)25(16)14-9-11(18(19,20)21)7-8-13(14)22-10/h3-9H,1-2H3. The molecule has 26 heavy (non-hydrogen) atoms. The Balaban J connectivity index is 2.12. The summed E-state index contributed by atoms with van der Waals surface area (Å²) in [5.41, 5.74) is 1.57. The Kier molecular flexibility index (Phi) is 3.57. The van der Waals surface area contributed by atoms with Gasteiger partial charge in [0.2, 0.25) is 0 Å². The molecule has 4 rings (SSSR count). The minimum atomic E-state index is -4.45. The Bertz CT molecular complexity index is 1130. The summed E-state index contributed by atoms with van der Waals surface area (Å²) in [6.07, 6.45) is -4.45. The molecule has 0 saturated heterocycles. The maximum Gasteiger partial charge on any atom is 0.416 e. The molecule has 0 aliphatic carbocycles. The van der Waals surface area contributed by atoms with Crippen LogP contribution in [0.25, 0.3) is 28.1 Å². The van der Waals surface area contributed by atoms with Gasteiger partial charge < -0.3 is 4.74 Å². The average Bonchev–Trinajstić information content (AvgIpc) is 3.06. The molecule has 0 aliphatic rings. The van der Waals surface area contributed by atoms with E-state index in [2.05, 4.69) is 15.2 Å². The normalized spacial score (nSPS) is 12.0. The molecule has 0 saturated carbocycles. The first-order valence-corrected chi connectivity index (χ1v) is 7.76. The Morgan fingerprint density at radius 2 is 1.81 bits per heavy atom. The highest BCUT2D eigenvalue weighted by molar-refractivity contribution is 5.82. The number of hydrogen-bond donors (Lipinski definition) is 0. The van der Waals surface area contributed by atoms with Gasteiger partial charge >= 0.3 is 6.18 Å². The van der Waals surface area contributed by atoms with E-state index in [0.717, 1.165) is 12.1 Å². The first kappa shape index (κ1) is 16.3.